The largest absolute Gasteiger partial charge is 0.480 e. The number of thiophene rings is 1. The fourth-order valence-corrected chi connectivity index (χ4v) is 4.11. The Labute approximate surface area is 158 Å². The van der Waals surface area contributed by atoms with Crippen molar-refractivity contribution in [1.82, 2.24) is 5.32 Å². The molecule has 5 nitrogen and oxygen atoms in total. The van der Waals surface area contributed by atoms with Gasteiger partial charge in [-0.25, -0.2) is 4.79 Å². The van der Waals surface area contributed by atoms with Crippen LogP contribution in [0.4, 0.5) is 0 Å². The second-order valence-corrected chi connectivity index (χ2v) is 7.22. The first kappa shape index (κ1) is 18.4. The molecule has 2 aromatic carbocycles. The van der Waals surface area contributed by atoms with Gasteiger partial charge in [0.15, 0.2) is 0 Å². The molecule has 0 bridgehead atoms. The molecule has 7 heteroatoms. The first-order valence-corrected chi connectivity index (χ1v) is 9.08. The number of fused-ring (bicyclic) bond motifs is 1. The van der Waals surface area contributed by atoms with E-state index in [2.05, 4.69) is 5.32 Å². The molecule has 3 aromatic rings. The van der Waals surface area contributed by atoms with Gasteiger partial charge in [0.1, 0.15) is 10.9 Å². The average molecular weight is 390 g/mol. The van der Waals surface area contributed by atoms with Crippen molar-refractivity contribution < 1.29 is 19.8 Å². The molecular formula is C19H16ClNO4S. The standard InChI is InChI=1S/C19H16ClNO4S/c20-16-13-7-6-12(10-22)9-15(13)26-17(16)18(23)21-14(19(24)25)8-11-4-2-1-3-5-11/h1-7,9,14,22H,8,10H2,(H,21,23)(H,24,25)/t14-/m0/s1. The SMILES string of the molecule is O=C(N[C@@H](Cc1ccccc1)C(=O)O)c1sc2cc(CO)ccc2c1Cl. The number of carbonyl (C=O) groups excluding carboxylic acids is 1. The van der Waals surface area contributed by atoms with E-state index in [1.54, 1.807) is 18.2 Å². The minimum absolute atomic E-state index is 0.106. The second-order valence-electron chi connectivity index (χ2n) is 5.79. The van der Waals surface area contributed by atoms with Crippen molar-refractivity contribution in [1.29, 1.82) is 0 Å². The number of hydrogen-bond donors (Lipinski definition) is 3. The first-order valence-electron chi connectivity index (χ1n) is 7.89. The van der Waals surface area contributed by atoms with Crippen LogP contribution in [-0.4, -0.2) is 28.1 Å². The van der Waals surface area contributed by atoms with E-state index in [-0.39, 0.29) is 22.9 Å². The molecule has 0 aliphatic heterocycles. The van der Waals surface area contributed by atoms with Crippen molar-refractivity contribution in [3.63, 3.8) is 0 Å². The molecule has 0 saturated carbocycles. The fourth-order valence-electron chi connectivity index (χ4n) is 2.63. The smallest absolute Gasteiger partial charge is 0.326 e. The highest BCUT2D eigenvalue weighted by Crippen LogP contribution is 2.36. The number of nitrogens with one attached hydrogen (secondary N) is 1. The Kier molecular flexibility index (Phi) is 5.56. The van der Waals surface area contributed by atoms with Gasteiger partial charge in [0, 0.05) is 16.5 Å². The van der Waals surface area contributed by atoms with E-state index in [1.165, 1.54) is 11.3 Å². The van der Waals surface area contributed by atoms with Gasteiger partial charge in [-0.2, -0.15) is 0 Å². The van der Waals surface area contributed by atoms with E-state index in [4.69, 9.17) is 11.6 Å². The fraction of sp³-hybridized carbons (Fsp3) is 0.158. The Morgan fingerprint density at radius 1 is 1.12 bits per heavy atom. The van der Waals surface area contributed by atoms with E-state index in [1.807, 2.05) is 30.3 Å². The number of hydrogen-bond acceptors (Lipinski definition) is 4. The molecule has 1 amide bonds. The number of aliphatic carboxylic acids is 1. The van der Waals surface area contributed by atoms with Crippen molar-refractivity contribution >= 4 is 44.9 Å². The number of halogens is 1. The highest BCUT2D eigenvalue weighted by atomic mass is 35.5. The zero-order valence-electron chi connectivity index (χ0n) is 13.6. The number of aliphatic hydroxyl groups is 1. The van der Waals surface area contributed by atoms with Crippen molar-refractivity contribution in [3.05, 3.63) is 69.6 Å². The van der Waals surface area contributed by atoms with Crippen molar-refractivity contribution in [2.75, 3.05) is 0 Å². The Morgan fingerprint density at radius 3 is 2.50 bits per heavy atom. The predicted molar refractivity (Wildman–Crippen MR) is 102 cm³/mol. The van der Waals surface area contributed by atoms with E-state index in [9.17, 15) is 19.8 Å². The zero-order valence-corrected chi connectivity index (χ0v) is 15.2. The summed E-state index contributed by atoms with van der Waals surface area (Å²) in [5.74, 6) is -1.63. The number of aliphatic hydroxyl groups excluding tert-OH is 1. The summed E-state index contributed by atoms with van der Waals surface area (Å²) in [6.45, 7) is -0.106. The van der Waals surface area contributed by atoms with Crippen LogP contribution in [-0.2, 0) is 17.8 Å². The van der Waals surface area contributed by atoms with E-state index in [0.717, 1.165) is 15.8 Å². The van der Waals surface area contributed by atoms with E-state index >= 15 is 0 Å². The van der Waals surface area contributed by atoms with Gasteiger partial charge in [0.05, 0.1) is 11.6 Å². The molecule has 0 saturated heterocycles. The number of carboxylic acid groups (broad SMARTS) is 1. The lowest BCUT2D eigenvalue weighted by atomic mass is 10.1. The van der Waals surface area contributed by atoms with E-state index in [0.29, 0.717) is 5.39 Å². The Hall–Kier alpha value is -2.41. The van der Waals surface area contributed by atoms with Gasteiger partial charge < -0.3 is 15.5 Å². The van der Waals surface area contributed by atoms with Crippen LogP contribution in [0, 0.1) is 0 Å². The topological polar surface area (TPSA) is 86.6 Å². The lowest BCUT2D eigenvalue weighted by Crippen LogP contribution is -2.42. The summed E-state index contributed by atoms with van der Waals surface area (Å²) in [4.78, 5) is 24.4. The van der Waals surface area contributed by atoms with Gasteiger partial charge >= 0.3 is 5.97 Å². The van der Waals surface area contributed by atoms with Crippen LogP contribution in [0.2, 0.25) is 5.02 Å². The third kappa shape index (κ3) is 3.88. The molecule has 26 heavy (non-hydrogen) atoms. The summed E-state index contributed by atoms with van der Waals surface area (Å²) in [6.07, 6.45) is 0.180. The maximum Gasteiger partial charge on any atom is 0.326 e. The minimum atomic E-state index is -1.11. The molecule has 3 rings (SSSR count). The van der Waals surface area contributed by atoms with Crippen LogP contribution in [0.15, 0.2) is 48.5 Å². The molecule has 3 N–H and O–H groups in total. The molecule has 1 heterocycles. The normalized spacial score (nSPS) is 12.1. The molecule has 0 radical (unpaired) electrons. The molecule has 134 valence electrons. The van der Waals surface area contributed by atoms with Crippen LogP contribution in [0.1, 0.15) is 20.8 Å². The molecule has 0 aliphatic carbocycles. The van der Waals surface area contributed by atoms with Crippen LogP contribution in [0.3, 0.4) is 0 Å². The monoisotopic (exact) mass is 389 g/mol. The van der Waals surface area contributed by atoms with Gasteiger partial charge in [0.2, 0.25) is 0 Å². The van der Waals surface area contributed by atoms with Gasteiger partial charge in [-0.1, -0.05) is 54.1 Å². The number of carboxylic acids is 1. The van der Waals surface area contributed by atoms with Crippen molar-refractivity contribution in [2.45, 2.75) is 19.1 Å². The molecule has 1 aromatic heterocycles. The van der Waals surface area contributed by atoms with Gasteiger partial charge in [0.25, 0.3) is 5.91 Å². The van der Waals surface area contributed by atoms with Gasteiger partial charge in [-0.3, -0.25) is 4.79 Å². The summed E-state index contributed by atoms with van der Waals surface area (Å²) in [7, 11) is 0. The van der Waals surface area contributed by atoms with Crippen molar-refractivity contribution in [2.24, 2.45) is 0 Å². The highest BCUT2D eigenvalue weighted by Gasteiger charge is 2.24. The molecule has 0 fully saturated rings. The van der Waals surface area contributed by atoms with E-state index < -0.39 is 17.9 Å². The Balaban J connectivity index is 1.84. The number of amides is 1. The third-order valence-electron chi connectivity index (χ3n) is 3.97. The third-order valence-corrected chi connectivity index (χ3v) is 5.62. The van der Waals surface area contributed by atoms with Crippen LogP contribution in [0.25, 0.3) is 10.1 Å². The number of rotatable bonds is 6. The lowest BCUT2D eigenvalue weighted by molar-refractivity contribution is -0.139. The summed E-state index contributed by atoms with van der Waals surface area (Å²) >= 11 is 7.48. The molecular weight excluding hydrogens is 374 g/mol. The second kappa shape index (κ2) is 7.86. The number of benzene rings is 2. The van der Waals surface area contributed by atoms with Gasteiger partial charge in [-0.15, -0.1) is 11.3 Å². The van der Waals surface area contributed by atoms with Crippen LogP contribution < -0.4 is 5.32 Å². The molecule has 1 atom stereocenters. The molecule has 0 spiro atoms. The predicted octanol–water partition coefficient (Wildman–Crippen LogP) is 3.47. The quantitative estimate of drug-likeness (QED) is 0.602. The highest BCUT2D eigenvalue weighted by molar-refractivity contribution is 7.21. The van der Waals surface area contributed by atoms with Crippen LogP contribution in [0.5, 0.6) is 0 Å². The summed E-state index contributed by atoms with van der Waals surface area (Å²) in [5, 5.41) is 22.2. The maximum absolute atomic E-state index is 12.6. The average Bonchev–Trinajstić information content (AvgIpc) is 2.98. The number of carbonyl (C=O) groups is 2. The maximum atomic E-state index is 12.6. The first-order chi connectivity index (χ1) is 12.5. The molecule has 0 unspecified atom stereocenters. The molecule has 0 aliphatic rings. The summed E-state index contributed by atoms with van der Waals surface area (Å²) in [6, 6.07) is 13.3. The Bertz CT molecular complexity index is 955. The summed E-state index contributed by atoms with van der Waals surface area (Å²) < 4.78 is 0.765. The Morgan fingerprint density at radius 2 is 1.85 bits per heavy atom. The van der Waals surface area contributed by atoms with Gasteiger partial charge in [-0.05, 0) is 17.2 Å². The van der Waals surface area contributed by atoms with Crippen molar-refractivity contribution in [3.8, 4) is 0 Å². The minimum Gasteiger partial charge on any atom is -0.480 e. The lowest BCUT2D eigenvalue weighted by Gasteiger charge is -2.14. The zero-order chi connectivity index (χ0) is 18.7. The summed E-state index contributed by atoms with van der Waals surface area (Å²) in [5.41, 5.74) is 1.53. The van der Waals surface area contributed by atoms with Crippen LogP contribution >= 0.6 is 22.9 Å².